The monoisotopic (exact) mass is 282 g/mol. The summed E-state index contributed by atoms with van der Waals surface area (Å²) in [5, 5.41) is 8.54. The van der Waals surface area contributed by atoms with Gasteiger partial charge in [-0.15, -0.1) is 0 Å². The Labute approximate surface area is 115 Å². The second-order valence-corrected chi connectivity index (χ2v) is 6.89. The summed E-state index contributed by atoms with van der Waals surface area (Å²) in [6.07, 6.45) is 6.67. The second-order valence-electron chi connectivity index (χ2n) is 5.33. The first-order valence-corrected chi connectivity index (χ1v) is 8.43. The lowest BCUT2D eigenvalue weighted by Crippen LogP contribution is -2.24. The van der Waals surface area contributed by atoms with Gasteiger partial charge in [-0.05, 0) is 43.0 Å². The van der Waals surface area contributed by atoms with E-state index in [9.17, 15) is 8.42 Å². The van der Waals surface area contributed by atoms with Gasteiger partial charge in [-0.1, -0.05) is 31.4 Å². The van der Waals surface area contributed by atoms with Crippen LogP contribution in [0.15, 0.2) is 29.2 Å². The van der Waals surface area contributed by atoms with Gasteiger partial charge in [-0.2, -0.15) is 0 Å². The minimum atomic E-state index is -3.60. The Morgan fingerprint density at radius 3 is 2.63 bits per heavy atom. The third kappa shape index (κ3) is 4.60. The summed E-state index contributed by atoms with van der Waals surface area (Å²) in [4.78, 5) is 0.185. The second kappa shape index (κ2) is 6.50. The van der Waals surface area contributed by atoms with Crippen molar-refractivity contribution in [3.05, 3.63) is 29.8 Å². The number of hydrogen-bond donors (Lipinski definition) is 2. The Morgan fingerprint density at radius 2 is 1.95 bits per heavy atom. The fourth-order valence-electron chi connectivity index (χ4n) is 2.64. The molecule has 0 heterocycles. The molecular weight excluding hydrogens is 260 g/mol. The zero-order valence-electron chi connectivity index (χ0n) is 11.1. The first-order valence-electron chi connectivity index (χ1n) is 6.88. The molecule has 1 aromatic rings. The van der Waals surface area contributed by atoms with E-state index < -0.39 is 10.0 Å². The molecule has 0 atom stereocenters. The molecule has 0 radical (unpaired) electrons. The van der Waals surface area contributed by atoms with Crippen LogP contribution < -0.4 is 10.5 Å². The van der Waals surface area contributed by atoms with Crippen LogP contribution in [0.25, 0.3) is 0 Å². The average molecular weight is 282 g/mol. The van der Waals surface area contributed by atoms with Crippen molar-refractivity contribution >= 4 is 10.0 Å². The maximum absolute atomic E-state index is 11.3. The molecule has 0 amide bonds. The van der Waals surface area contributed by atoms with Crippen molar-refractivity contribution < 1.29 is 8.42 Å². The van der Waals surface area contributed by atoms with Crippen LogP contribution in [0.3, 0.4) is 0 Å². The number of nitrogens with two attached hydrogens (primary N) is 1. The topological polar surface area (TPSA) is 72.2 Å². The van der Waals surface area contributed by atoms with Crippen molar-refractivity contribution in [3.63, 3.8) is 0 Å². The molecular formula is C14H22N2O2S. The van der Waals surface area contributed by atoms with Gasteiger partial charge in [0, 0.05) is 6.54 Å². The van der Waals surface area contributed by atoms with E-state index in [1.54, 1.807) is 12.1 Å². The fraction of sp³-hybridized carbons (Fsp3) is 0.571. The molecule has 1 fully saturated rings. The molecule has 2 rings (SSSR count). The van der Waals surface area contributed by atoms with Gasteiger partial charge in [0.2, 0.25) is 10.0 Å². The maximum atomic E-state index is 11.3. The number of hydrogen-bond acceptors (Lipinski definition) is 3. The van der Waals surface area contributed by atoms with Gasteiger partial charge in [-0.3, -0.25) is 0 Å². The number of benzene rings is 1. The SMILES string of the molecule is NS(=O)(=O)c1cccc(CNCC2CCCCC2)c1. The van der Waals surface area contributed by atoms with E-state index in [0.717, 1.165) is 18.0 Å². The fourth-order valence-corrected chi connectivity index (χ4v) is 3.23. The zero-order valence-corrected chi connectivity index (χ0v) is 12.0. The smallest absolute Gasteiger partial charge is 0.238 e. The zero-order chi connectivity index (χ0) is 13.7. The summed E-state index contributed by atoms with van der Waals surface area (Å²) >= 11 is 0. The van der Waals surface area contributed by atoms with Crippen molar-refractivity contribution in [1.29, 1.82) is 0 Å². The first kappa shape index (κ1) is 14.5. The third-order valence-corrected chi connectivity index (χ3v) is 4.62. The summed E-state index contributed by atoms with van der Waals surface area (Å²) in [5.41, 5.74) is 0.960. The predicted octanol–water partition coefficient (Wildman–Crippen LogP) is 2.00. The average Bonchev–Trinajstić information content (AvgIpc) is 2.39. The molecule has 106 valence electrons. The van der Waals surface area contributed by atoms with Crippen LogP contribution in [0, 0.1) is 5.92 Å². The first-order chi connectivity index (χ1) is 9.05. The molecule has 0 bridgehead atoms. The van der Waals surface area contributed by atoms with Crippen molar-refractivity contribution in [3.8, 4) is 0 Å². The van der Waals surface area contributed by atoms with Crippen LogP contribution in [0.5, 0.6) is 0 Å². The van der Waals surface area contributed by atoms with Gasteiger partial charge in [0.05, 0.1) is 4.90 Å². The molecule has 1 saturated carbocycles. The van der Waals surface area contributed by atoms with E-state index in [2.05, 4.69) is 5.32 Å². The Morgan fingerprint density at radius 1 is 1.21 bits per heavy atom. The molecule has 1 aliphatic carbocycles. The highest BCUT2D eigenvalue weighted by atomic mass is 32.2. The van der Waals surface area contributed by atoms with E-state index in [1.165, 1.54) is 38.2 Å². The van der Waals surface area contributed by atoms with Crippen molar-refractivity contribution in [2.75, 3.05) is 6.54 Å². The molecule has 0 saturated heterocycles. The molecule has 1 aliphatic rings. The van der Waals surface area contributed by atoms with Gasteiger partial charge < -0.3 is 5.32 Å². The molecule has 19 heavy (non-hydrogen) atoms. The van der Waals surface area contributed by atoms with Crippen LogP contribution in [0.2, 0.25) is 0 Å². The summed E-state index contributed by atoms with van der Waals surface area (Å²) in [7, 11) is -3.60. The maximum Gasteiger partial charge on any atom is 0.238 e. The minimum Gasteiger partial charge on any atom is -0.312 e. The van der Waals surface area contributed by atoms with E-state index in [0.29, 0.717) is 6.54 Å². The standard InChI is InChI=1S/C14H22N2O2S/c15-19(17,18)14-8-4-7-13(9-14)11-16-10-12-5-2-1-3-6-12/h4,7-9,12,16H,1-3,5-6,10-11H2,(H2,15,17,18). The molecule has 4 nitrogen and oxygen atoms in total. The predicted molar refractivity (Wildman–Crippen MR) is 76.1 cm³/mol. The van der Waals surface area contributed by atoms with Crippen LogP contribution in [-0.4, -0.2) is 15.0 Å². The van der Waals surface area contributed by atoms with Crippen LogP contribution in [0.1, 0.15) is 37.7 Å². The van der Waals surface area contributed by atoms with Gasteiger partial charge in [-0.25, -0.2) is 13.6 Å². The number of primary sulfonamides is 1. The van der Waals surface area contributed by atoms with E-state index in [1.807, 2.05) is 6.07 Å². The van der Waals surface area contributed by atoms with Crippen LogP contribution >= 0.6 is 0 Å². The van der Waals surface area contributed by atoms with Crippen LogP contribution in [0.4, 0.5) is 0 Å². The molecule has 0 unspecified atom stereocenters. The Kier molecular flexibility index (Phi) is 4.96. The molecule has 0 aliphatic heterocycles. The Bertz CT molecular complexity index is 508. The van der Waals surface area contributed by atoms with Crippen LogP contribution in [-0.2, 0) is 16.6 Å². The third-order valence-electron chi connectivity index (χ3n) is 3.71. The van der Waals surface area contributed by atoms with E-state index in [4.69, 9.17) is 5.14 Å². The lowest BCUT2D eigenvalue weighted by molar-refractivity contribution is 0.342. The summed E-state index contributed by atoms with van der Waals surface area (Å²) < 4.78 is 22.5. The quantitative estimate of drug-likeness (QED) is 0.867. The summed E-state index contributed by atoms with van der Waals surface area (Å²) in [5.74, 6) is 0.773. The molecule has 0 spiro atoms. The number of nitrogens with one attached hydrogen (secondary N) is 1. The normalized spacial score (nSPS) is 17.5. The van der Waals surface area contributed by atoms with E-state index >= 15 is 0 Å². The highest BCUT2D eigenvalue weighted by molar-refractivity contribution is 7.89. The lowest BCUT2D eigenvalue weighted by atomic mass is 9.89. The molecule has 0 aromatic heterocycles. The number of rotatable bonds is 5. The minimum absolute atomic E-state index is 0.185. The van der Waals surface area contributed by atoms with Gasteiger partial charge in [0.1, 0.15) is 0 Å². The Balaban J connectivity index is 1.85. The van der Waals surface area contributed by atoms with Crippen molar-refractivity contribution in [1.82, 2.24) is 5.32 Å². The summed E-state index contributed by atoms with van der Waals surface area (Å²) in [6, 6.07) is 6.82. The van der Waals surface area contributed by atoms with Gasteiger partial charge in [0.15, 0.2) is 0 Å². The van der Waals surface area contributed by atoms with Gasteiger partial charge in [0.25, 0.3) is 0 Å². The molecule has 1 aromatic carbocycles. The van der Waals surface area contributed by atoms with E-state index in [-0.39, 0.29) is 4.90 Å². The summed E-state index contributed by atoms with van der Waals surface area (Å²) in [6.45, 7) is 1.71. The largest absolute Gasteiger partial charge is 0.312 e. The number of sulfonamides is 1. The molecule has 5 heteroatoms. The van der Waals surface area contributed by atoms with Crippen molar-refractivity contribution in [2.24, 2.45) is 11.1 Å². The molecule has 3 N–H and O–H groups in total. The highest BCUT2D eigenvalue weighted by Gasteiger charge is 2.13. The van der Waals surface area contributed by atoms with Gasteiger partial charge >= 0.3 is 0 Å². The highest BCUT2D eigenvalue weighted by Crippen LogP contribution is 2.22. The Hall–Kier alpha value is -0.910. The lowest BCUT2D eigenvalue weighted by Gasteiger charge is -2.21. The van der Waals surface area contributed by atoms with Crippen molar-refractivity contribution in [2.45, 2.75) is 43.5 Å².